The van der Waals surface area contributed by atoms with E-state index in [0.29, 0.717) is 48.7 Å². The molecule has 8 heteroatoms. The smallest absolute Gasteiger partial charge is 0.228 e. The summed E-state index contributed by atoms with van der Waals surface area (Å²) in [6.45, 7) is 5.27. The average Bonchev–Trinajstić information content (AvgIpc) is 3.20. The van der Waals surface area contributed by atoms with E-state index in [4.69, 9.17) is 14.1 Å². The normalized spacial score (nSPS) is 20.9. The van der Waals surface area contributed by atoms with E-state index in [2.05, 4.69) is 42.1 Å². The molecule has 34 heavy (non-hydrogen) atoms. The van der Waals surface area contributed by atoms with Crippen LogP contribution in [0.5, 0.6) is 5.75 Å². The van der Waals surface area contributed by atoms with Gasteiger partial charge in [0.05, 0.1) is 0 Å². The minimum absolute atomic E-state index is 0.339. The Labute approximate surface area is 199 Å². The first-order valence-electron chi connectivity index (χ1n) is 11.9. The quantitative estimate of drug-likeness (QED) is 0.490. The molecule has 2 aromatic heterocycles. The van der Waals surface area contributed by atoms with E-state index in [1.54, 1.807) is 0 Å². The number of furan rings is 1. The summed E-state index contributed by atoms with van der Waals surface area (Å²) in [6.07, 6.45) is 3.74. The zero-order chi connectivity index (χ0) is 23.7. The number of fused-ring (bicyclic) bond motifs is 3. The number of nitrogens with zero attached hydrogens (tertiary/aromatic N) is 4. The molecule has 1 N–H and O–H groups in total. The lowest BCUT2D eigenvalue weighted by atomic mass is 9.91. The molecule has 0 bridgehead atoms. The highest BCUT2D eigenvalue weighted by atomic mass is 19.1. The molecule has 3 aromatic rings. The van der Waals surface area contributed by atoms with Crippen molar-refractivity contribution in [2.45, 2.75) is 44.3 Å². The van der Waals surface area contributed by atoms with Crippen molar-refractivity contribution in [3.05, 3.63) is 41.7 Å². The van der Waals surface area contributed by atoms with Crippen molar-refractivity contribution in [3.8, 4) is 5.75 Å². The van der Waals surface area contributed by atoms with Crippen molar-refractivity contribution < 1.29 is 13.5 Å². The van der Waals surface area contributed by atoms with Gasteiger partial charge in [-0.25, -0.2) is 4.39 Å². The maximum atomic E-state index is 13.6. The molecule has 2 aliphatic rings. The van der Waals surface area contributed by atoms with E-state index in [9.17, 15) is 4.39 Å². The number of nitrogens with one attached hydrogen (secondary N) is 1. The highest BCUT2D eigenvalue weighted by Gasteiger charge is 2.26. The van der Waals surface area contributed by atoms with Crippen LogP contribution in [-0.2, 0) is 12.8 Å². The number of likely N-dealkylation sites (tertiary alicyclic amines) is 1. The molecule has 1 aliphatic heterocycles. The van der Waals surface area contributed by atoms with Gasteiger partial charge in [-0.1, -0.05) is 0 Å². The van der Waals surface area contributed by atoms with Crippen LogP contribution in [0.2, 0.25) is 0 Å². The Balaban J connectivity index is 1.29. The van der Waals surface area contributed by atoms with Crippen LogP contribution in [0, 0.1) is 0 Å². The van der Waals surface area contributed by atoms with Gasteiger partial charge < -0.3 is 19.4 Å². The summed E-state index contributed by atoms with van der Waals surface area (Å²) in [4.78, 5) is 13.1. The summed E-state index contributed by atoms with van der Waals surface area (Å²) in [5.41, 5.74) is 3.41. The molecule has 0 spiro atoms. The SMILES string of the molecule is C=Nc1cc(Nc2ccc3c4c(oc3n2)CCC(N(C)C)C4)ccc1OCN1CCC[C@@H](F)C1. The zero-order valence-corrected chi connectivity index (χ0v) is 19.9. The minimum atomic E-state index is -0.778. The number of ether oxygens (including phenoxy) is 1. The van der Waals surface area contributed by atoms with Gasteiger partial charge in [0.25, 0.3) is 0 Å². The summed E-state index contributed by atoms with van der Waals surface area (Å²) in [6, 6.07) is 10.2. The van der Waals surface area contributed by atoms with Gasteiger partial charge in [-0.15, -0.1) is 0 Å². The molecule has 180 valence electrons. The Morgan fingerprint density at radius 3 is 2.97 bits per heavy atom. The number of likely N-dealkylation sites (N-methyl/N-ethyl adjacent to an activating group) is 1. The van der Waals surface area contributed by atoms with Crippen LogP contribution in [0.3, 0.4) is 0 Å². The zero-order valence-electron chi connectivity index (χ0n) is 19.9. The molecule has 1 saturated heterocycles. The monoisotopic (exact) mass is 465 g/mol. The van der Waals surface area contributed by atoms with Crippen molar-refractivity contribution in [2.75, 3.05) is 39.2 Å². The molecule has 0 radical (unpaired) electrons. The standard InChI is InChI=1S/C26H32FN5O2/c1-28-22-13-18(6-9-24(22)33-16-32-12-4-5-17(27)15-32)29-25-11-8-20-21-14-19(31(2)3)7-10-23(21)34-26(20)30-25/h6,8-9,11,13,17,19H,1,4-5,7,10,12,14-16H2,2-3H3,(H,29,30)/t17-,19?/m1/s1. The number of piperidine rings is 1. The largest absolute Gasteiger partial charge is 0.476 e. The Morgan fingerprint density at radius 2 is 2.18 bits per heavy atom. The molecule has 5 rings (SSSR count). The third-order valence-electron chi connectivity index (χ3n) is 6.87. The number of pyridine rings is 1. The summed E-state index contributed by atoms with van der Waals surface area (Å²) < 4.78 is 25.7. The first kappa shape index (κ1) is 22.8. The second kappa shape index (κ2) is 9.72. The van der Waals surface area contributed by atoms with Crippen LogP contribution in [0.15, 0.2) is 39.7 Å². The molecule has 3 heterocycles. The van der Waals surface area contributed by atoms with E-state index in [0.717, 1.165) is 49.1 Å². The number of rotatable bonds is 7. The van der Waals surface area contributed by atoms with Gasteiger partial charge in [0, 0.05) is 42.2 Å². The van der Waals surface area contributed by atoms with Crippen molar-refractivity contribution in [1.29, 1.82) is 0 Å². The van der Waals surface area contributed by atoms with Crippen molar-refractivity contribution in [1.82, 2.24) is 14.8 Å². The fourth-order valence-electron chi connectivity index (χ4n) is 4.91. The lowest BCUT2D eigenvalue weighted by molar-refractivity contribution is 0.0671. The second-order valence-electron chi connectivity index (χ2n) is 9.47. The fraction of sp³-hybridized carbons (Fsp3) is 0.462. The fourth-order valence-corrected chi connectivity index (χ4v) is 4.91. The van der Waals surface area contributed by atoms with Gasteiger partial charge in [0.1, 0.15) is 35.9 Å². The van der Waals surface area contributed by atoms with E-state index in [1.165, 1.54) is 5.56 Å². The van der Waals surface area contributed by atoms with Crippen LogP contribution in [0.4, 0.5) is 21.6 Å². The van der Waals surface area contributed by atoms with Gasteiger partial charge in [0.15, 0.2) is 0 Å². The average molecular weight is 466 g/mol. The molecule has 7 nitrogen and oxygen atoms in total. The van der Waals surface area contributed by atoms with Gasteiger partial charge in [-0.3, -0.25) is 9.89 Å². The van der Waals surface area contributed by atoms with Gasteiger partial charge in [-0.2, -0.15) is 4.98 Å². The number of halogens is 1. The highest BCUT2D eigenvalue weighted by molar-refractivity contribution is 5.82. The summed E-state index contributed by atoms with van der Waals surface area (Å²) in [7, 11) is 4.27. The molecule has 0 amide bonds. The van der Waals surface area contributed by atoms with Crippen LogP contribution in [0.25, 0.3) is 11.1 Å². The first-order chi connectivity index (χ1) is 16.5. The number of hydrogen-bond donors (Lipinski definition) is 1. The van der Waals surface area contributed by atoms with E-state index < -0.39 is 6.17 Å². The molecule has 1 unspecified atom stereocenters. The van der Waals surface area contributed by atoms with Crippen LogP contribution in [-0.4, -0.2) is 67.6 Å². The van der Waals surface area contributed by atoms with Crippen LogP contribution >= 0.6 is 0 Å². The Morgan fingerprint density at radius 1 is 1.29 bits per heavy atom. The Kier molecular flexibility index (Phi) is 6.52. The maximum Gasteiger partial charge on any atom is 0.228 e. The van der Waals surface area contributed by atoms with E-state index >= 15 is 0 Å². The first-order valence-corrected chi connectivity index (χ1v) is 11.9. The summed E-state index contributed by atoms with van der Waals surface area (Å²) >= 11 is 0. The number of benzene rings is 1. The summed E-state index contributed by atoms with van der Waals surface area (Å²) in [5.74, 6) is 2.39. The summed E-state index contributed by atoms with van der Waals surface area (Å²) in [5, 5.41) is 4.43. The number of aromatic nitrogens is 1. The van der Waals surface area contributed by atoms with E-state index in [1.807, 2.05) is 29.2 Å². The van der Waals surface area contributed by atoms with Gasteiger partial charge >= 0.3 is 0 Å². The predicted octanol–water partition coefficient (Wildman–Crippen LogP) is 5.09. The Bertz CT molecular complexity index is 1180. The third-order valence-corrected chi connectivity index (χ3v) is 6.87. The molecular formula is C26H32FN5O2. The lowest BCUT2D eigenvalue weighted by Crippen LogP contribution is -2.38. The second-order valence-corrected chi connectivity index (χ2v) is 9.47. The minimum Gasteiger partial charge on any atom is -0.476 e. The maximum absolute atomic E-state index is 13.6. The van der Waals surface area contributed by atoms with Gasteiger partial charge in [-0.05, 0) is 76.8 Å². The third kappa shape index (κ3) is 4.79. The molecule has 1 aromatic carbocycles. The van der Waals surface area contributed by atoms with Crippen LogP contribution in [0.1, 0.15) is 30.6 Å². The number of anilines is 2. The number of alkyl halides is 1. The molecule has 2 atom stereocenters. The topological polar surface area (TPSA) is 66.1 Å². The number of hydrogen-bond acceptors (Lipinski definition) is 7. The highest BCUT2D eigenvalue weighted by Crippen LogP contribution is 2.35. The molecule has 1 fully saturated rings. The molecule has 0 saturated carbocycles. The Hall–Kier alpha value is -2.97. The predicted molar refractivity (Wildman–Crippen MR) is 134 cm³/mol. The molecule has 1 aliphatic carbocycles. The van der Waals surface area contributed by atoms with E-state index in [-0.39, 0.29) is 0 Å². The van der Waals surface area contributed by atoms with Crippen LogP contribution < -0.4 is 10.1 Å². The molecular weight excluding hydrogens is 433 g/mol. The van der Waals surface area contributed by atoms with Crippen molar-refractivity contribution in [3.63, 3.8) is 0 Å². The van der Waals surface area contributed by atoms with Crippen molar-refractivity contribution >= 4 is 35.0 Å². The van der Waals surface area contributed by atoms with Crippen molar-refractivity contribution in [2.24, 2.45) is 4.99 Å². The lowest BCUT2D eigenvalue weighted by Gasteiger charge is -2.28. The number of aliphatic imine (C=N–C) groups is 1. The number of aryl methyl sites for hydroxylation is 1. The van der Waals surface area contributed by atoms with Gasteiger partial charge in [0.2, 0.25) is 5.71 Å².